The van der Waals surface area contributed by atoms with Crippen LogP contribution in [0.15, 0.2) is 77.7 Å². The highest BCUT2D eigenvalue weighted by Gasteiger charge is 2.29. The third-order valence-electron chi connectivity index (χ3n) is 3.67. The van der Waals surface area contributed by atoms with E-state index in [1.165, 1.54) is 12.1 Å². The van der Waals surface area contributed by atoms with Crippen molar-refractivity contribution in [2.75, 3.05) is 0 Å². The van der Waals surface area contributed by atoms with E-state index < -0.39 is 11.7 Å². The summed E-state index contributed by atoms with van der Waals surface area (Å²) in [6, 6.07) is 19.7. The summed E-state index contributed by atoms with van der Waals surface area (Å²) in [7, 11) is 0. The molecule has 3 aromatic rings. The zero-order valence-electron chi connectivity index (χ0n) is 14.0. The standard InChI is InChI=1S/C23H13F3S/c24-23(25,26)21-13-9-19(10-14-21)7-5-17-1-3-18(4-2-17)6-8-20-11-15-22(27)16-12-20/h1-4,9-16,27H. The zero-order valence-corrected chi connectivity index (χ0v) is 14.9. The quantitative estimate of drug-likeness (QED) is 0.371. The Hall–Kier alpha value is -3.08. The molecule has 0 saturated heterocycles. The monoisotopic (exact) mass is 378 g/mol. The minimum absolute atomic E-state index is 0.527. The van der Waals surface area contributed by atoms with E-state index in [0.29, 0.717) is 5.56 Å². The van der Waals surface area contributed by atoms with Gasteiger partial charge in [0.2, 0.25) is 0 Å². The van der Waals surface area contributed by atoms with E-state index in [-0.39, 0.29) is 0 Å². The molecular weight excluding hydrogens is 365 g/mol. The van der Waals surface area contributed by atoms with Gasteiger partial charge in [-0.3, -0.25) is 0 Å². The maximum Gasteiger partial charge on any atom is 0.416 e. The fraction of sp³-hybridized carbons (Fsp3) is 0.0435. The van der Waals surface area contributed by atoms with Crippen molar-refractivity contribution in [2.45, 2.75) is 11.1 Å². The third-order valence-corrected chi connectivity index (χ3v) is 3.96. The first-order valence-electron chi connectivity index (χ1n) is 8.00. The van der Waals surface area contributed by atoms with Gasteiger partial charge in [-0.25, -0.2) is 0 Å². The van der Waals surface area contributed by atoms with E-state index in [4.69, 9.17) is 0 Å². The minimum atomic E-state index is -4.34. The van der Waals surface area contributed by atoms with Gasteiger partial charge in [-0.1, -0.05) is 23.7 Å². The number of alkyl halides is 3. The molecule has 0 aliphatic rings. The normalized spacial score (nSPS) is 10.4. The smallest absolute Gasteiger partial charge is 0.166 e. The summed E-state index contributed by atoms with van der Waals surface area (Å²) in [4.78, 5) is 0.886. The minimum Gasteiger partial charge on any atom is -0.166 e. The molecule has 0 nitrogen and oxygen atoms in total. The Morgan fingerprint density at radius 2 is 0.815 bits per heavy atom. The lowest BCUT2D eigenvalue weighted by Crippen LogP contribution is -2.04. The molecule has 27 heavy (non-hydrogen) atoms. The number of benzene rings is 3. The van der Waals surface area contributed by atoms with Crippen LogP contribution in [-0.2, 0) is 6.18 Å². The predicted octanol–water partition coefficient (Wildman–Crippen LogP) is 5.79. The van der Waals surface area contributed by atoms with Crippen LogP contribution in [0.2, 0.25) is 0 Å². The first-order chi connectivity index (χ1) is 12.9. The SMILES string of the molecule is FC(F)(F)c1ccc(C#Cc2ccc(C#Cc3ccc(S)cc3)cc2)cc1. The van der Waals surface area contributed by atoms with E-state index in [0.717, 1.165) is 33.7 Å². The molecular formula is C23H13F3S. The molecule has 0 fully saturated rings. The number of rotatable bonds is 0. The van der Waals surface area contributed by atoms with Crippen LogP contribution in [0.5, 0.6) is 0 Å². The Kier molecular flexibility index (Phi) is 5.60. The van der Waals surface area contributed by atoms with Crippen molar-refractivity contribution in [2.24, 2.45) is 0 Å². The molecule has 4 heteroatoms. The highest BCUT2D eigenvalue weighted by atomic mass is 32.1. The average molecular weight is 378 g/mol. The van der Waals surface area contributed by atoms with Gasteiger partial charge >= 0.3 is 6.18 Å². The largest absolute Gasteiger partial charge is 0.416 e. The molecule has 0 aromatic heterocycles. The van der Waals surface area contributed by atoms with Gasteiger partial charge in [0.15, 0.2) is 0 Å². The second kappa shape index (κ2) is 8.08. The van der Waals surface area contributed by atoms with Crippen LogP contribution in [0.25, 0.3) is 0 Å². The number of halogens is 3. The van der Waals surface area contributed by atoms with Gasteiger partial charge < -0.3 is 0 Å². The summed E-state index contributed by atoms with van der Waals surface area (Å²) in [6.07, 6.45) is -4.34. The summed E-state index contributed by atoms with van der Waals surface area (Å²) >= 11 is 4.23. The zero-order chi connectivity index (χ0) is 19.3. The van der Waals surface area contributed by atoms with Crippen LogP contribution < -0.4 is 0 Å². The first-order valence-corrected chi connectivity index (χ1v) is 8.45. The molecule has 0 aliphatic heterocycles. The van der Waals surface area contributed by atoms with E-state index in [1.54, 1.807) is 0 Å². The van der Waals surface area contributed by atoms with Crippen molar-refractivity contribution in [1.29, 1.82) is 0 Å². The van der Waals surface area contributed by atoms with E-state index in [1.807, 2.05) is 48.5 Å². The van der Waals surface area contributed by atoms with Crippen LogP contribution in [0.3, 0.4) is 0 Å². The van der Waals surface area contributed by atoms with Gasteiger partial charge in [0, 0.05) is 27.1 Å². The van der Waals surface area contributed by atoms with Gasteiger partial charge in [0.05, 0.1) is 5.56 Å². The van der Waals surface area contributed by atoms with Crippen LogP contribution in [0, 0.1) is 23.7 Å². The van der Waals surface area contributed by atoms with Crippen LogP contribution in [0.1, 0.15) is 27.8 Å². The van der Waals surface area contributed by atoms with Gasteiger partial charge in [0.25, 0.3) is 0 Å². The summed E-state index contributed by atoms with van der Waals surface area (Å²) in [5, 5.41) is 0. The number of hydrogen-bond acceptors (Lipinski definition) is 1. The second-order valence-corrected chi connectivity index (χ2v) is 6.22. The molecule has 0 N–H and O–H groups in total. The molecule has 0 radical (unpaired) electrons. The van der Waals surface area contributed by atoms with Crippen molar-refractivity contribution in [3.05, 3.63) is 101 Å². The molecule has 132 valence electrons. The maximum atomic E-state index is 12.5. The van der Waals surface area contributed by atoms with Crippen molar-refractivity contribution in [3.8, 4) is 23.7 Å². The molecule has 0 heterocycles. The van der Waals surface area contributed by atoms with E-state index in [9.17, 15) is 13.2 Å². The molecule has 0 bridgehead atoms. The van der Waals surface area contributed by atoms with Gasteiger partial charge in [0.1, 0.15) is 0 Å². The van der Waals surface area contributed by atoms with Crippen LogP contribution in [0.4, 0.5) is 13.2 Å². The second-order valence-electron chi connectivity index (χ2n) is 5.70. The third kappa shape index (κ3) is 5.45. The average Bonchev–Trinajstić information content (AvgIpc) is 2.66. The Bertz CT molecular complexity index is 1040. The maximum absolute atomic E-state index is 12.5. The summed E-state index contributed by atoms with van der Waals surface area (Å²) in [5.41, 5.74) is 2.36. The van der Waals surface area contributed by atoms with Crippen molar-refractivity contribution in [3.63, 3.8) is 0 Å². The van der Waals surface area contributed by atoms with Gasteiger partial charge in [-0.15, -0.1) is 12.6 Å². The van der Waals surface area contributed by atoms with Gasteiger partial charge in [-0.05, 0) is 72.8 Å². The highest BCUT2D eigenvalue weighted by molar-refractivity contribution is 7.80. The number of thiol groups is 1. The molecule has 0 unspecified atom stereocenters. The lowest BCUT2D eigenvalue weighted by molar-refractivity contribution is -0.137. The fourth-order valence-electron chi connectivity index (χ4n) is 2.21. The van der Waals surface area contributed by atoms with Gasteiger partial charge in [-0.2, -0.15) is 13.2 Å². The summed E-state index contributed by atoms with van der Waals surface area (Å²) < 4.78 is 37.6. The fourth-order valence-corrected chi connectivity index (χ4v) is 2.36. The molecule has 0 atom stereocenters. The van der Waals surface area contributed by atoms with Crippen molar-refractivity contribution < 1.29 is 13.2 Å². The Balaban J connectivity index is 1.70. The number of hydrogen-bond donors (Lipinski definition) is 1. The van der Waals surface area contributed by atoms with E-state index >= 15 is 0 Å². The van der Waals surface area contributed by atoms with Crippen LogP contribution >= 0.6 is 12.6 Å². The first kappa shape index (κ1) is 18.7. The Labute approximate surface area is 161 Å². The molecule has 0 saturated carbocycles. The summed E-state index contributed by atoms with van der Waals surface area (Å²) in [5.74, 6) is 11.9. The van der Waals surface area contributed by atoms with Crippen molar-refractivity contribution in [1.82, 2.24) is 0 Å². The lowest BCUT2D eigenvalue weighted by atomic mass is 10.1. The molecule has 3 aromatic carbocycles. The predicted molar refractivity (Wildman–Crippen MR) is 104 cm³/mol. The van der Waals surface area contributed by atoms with Crippen molar-refractivity contribution >= 4 is 12.6 Å². The molecule has 3 rings (SSSR count). The highest BCUT2D eigenvalue weighted by Crippen LogP contribution is 2.28. The Morgan fingerprint density at radius 1 is 0.519 bits per heavy atom. The molecule has 0 amide bonds. The summed E-state index contributed by atoms with van der Waals surface area (Å²) in [6.45, 7) is 0. The topological polar surface area (TPSA) is 0 Å². The molecule has 0 spiro atoms. The van der Waals surface area contributed by atoms with Crippen LogP contribution in [-0.4, -0.2) is 0 Å². The van der Waals surface area contributed by atoms with E-state index in [2.05, 4.69) is 36.3 Å². The molecule has 0 aliphatic carbocycles. The Morgan fingerprint density at radius 3 is 1.15 bits per heavy atom. The lowest BCUT2D eigenvalue weighted by Gasteiger charge is -2.05.